The molecule has 1 spiro atoms. The maximum Gasteiger partial charge on any atom is 0.243 e. The summed E-state index contributed by atoms with van der Waals surface area (Å²) in [6.07, 6.45) is 10.1. The van der Waals surface area contributed by atoms with Crippen molar-refractivity contribution in [2.45, 2.75) is 62.3 Å². The third kappa shape index (κ3) is 6.14. The molecule has 11 heteroatoms. The van der Waals surface area contributed by atoms with Gasteiger partial charge in [-0.25, -0.2) is 21.1 Å². The van der Waals surface area contributed by atoms with Gasteiger partial charge in [0, 0.05) is 67.6 Å². The minimum Gasteiger partial charge on any atom is -0.496 e. The van der Waals surface area contributed by atoms with Gasteiger partial charge in [-0.15, -0.1) is 0 Å². The highest BCUT2D eigenvalue weighted by Crippen LogP contribution is 2.43. The third-order valence-corrected chi connectivity index (χ3v) is 13.9. The number of hydrogen-bond donors (Lipinski definition) is 0. The van der Waals surface area contributed by atoms with Gasteiger partial charge in [0.05, 0.1) is 17.8 Å². The van der Waals surface area contributed by atoms with E-state index in [9.17, 15) is 16.8 Å². The molecule has 1 aromatic heterocycles. The van der Waals surface area contributed by atoms with Gasteiger partial charge in [-0.05, 0) is 81.0 Å². The summed E-state index contributed by atoms with van der Waals surface area (Å²) in [4.78, 5) is 6.80. The number of benzene rings is 2. The molecule has 3 saturated heterocycles. The van der Waals surface area contributed by atoms with Gasteiger partial charge in [-0.2, -0.15) is 4.31 Å². The molecule has 2 aromatic carbocycles. The molecule has 0 bridgehead atoms. The standard InChI is InChI=1S/C32H42N4O5S2/c1-41-30-10-11-31(29-9-3-2-8-28(29)30)43(39,40)36-20-4-6-27(36)7-5-25-42(37,38)35-23-16-32(17-24-35)14-21-34(22-15-32)26-12-18-33-19-13-26/h2-3,8-13,18-19,27H,4-7,14-17,20-25H2,1H3/t27-/m0/s1. The fourth-order valence-corrected chi connectivity index (χ4v) is 10.8. The summed E-state index contributed by atoms with van der Waals surface area (Å²) < 4.78 is 63.2. The lowest BCUT2D eigenvalue weighted by Crippen LogP contribution is -2.48. The molecular formula is C32H42N4O5S2. The van der Waals surface area contributed by atoms with Crippen LogP contribution in [0.25, 0.3) is 10.8 Å². The van der Waals surface area contributed by atoms with Gasteiger partial charge in [-0.1, -0.05) is 24.3 Å². The fraction of sp³-hybridized carbons (Fsp3) is 0.531. The summed E-state index contributed by atoms with van der Waals surface area (Å²) in [5, 5.41) is 1.40. The van der Waals surface area contributed by atoms with Crippen molar-refractivity contribution in [1.82, 2.24) is 13.6 Å². The minimum absolute atomic E-state index is 0.0612. The lowest BCUT2D eigenvalue weighted by Gasteiger charge is -2.47. The monoisotopic (exact) mass is 626 g/mol. The van der Waals surface area contributed by atoms with Crippen LogP contribution in [0, 0.1) is 5.41 Å². The first-order chi connectivity index (χ1) is 20.7. The van der Waals surface area contributed by atoms with E-state index in [2.05, 4.69) is 22.0 Å². The first-order valence-electron chi connectivity index (χ1n) is 15.4. The van der Waals surface area contributed by atoms with Crippen molar-refractivity contribution in [3.05, 3.63) is 60.9 Å². The molecule has 0 unspecified atom stereocenters. The predicted molar refractivity (Wildman–Crippen MR) is 169 cm³/mol. The Bertz CT molecular complexity index is 1630. The Labute approximate surface area is 255 Å². The number of hydrogen-bond acceptors (Lipinski definition) is 7. The van der Waals surface area contributed by atoms with Crippen LogP contribution in [0.4, 0.5) is 5.69 Å². The smallest absolute Gasteiger partial charge is 0.243 e. The van der Waals surface area contributed by atoms with Gasteiger partial charge in [0.2, 0.25) is 20.0 Å². The fourth-order valence-electron chi connectivity index (χ4n) is 7.35. The number of aromatic nitrogens is 1. The molecule has 3 aromatic rings. The van der Waals surface area contributed by atoms with E-state index >= 15 is 0 Å². The highest BCUT2D eigenvalue weighted by Gasteiger charge is 2.41. The molecule has 0 aliphatic carbocycles. The Hall–Kier alpha value is -2.73. The van der Waals surface area contributed by atoms with Crippen LogP contribution in [-0.4, -0.2) is 82.1 Å². The van der Waals surface area contributed by atoms with Crippen molar-refractivity contribution in [3.63, 3.8) is 0 Å². The number of piperidine rings is 2. The maximum absolute atomic E-state index is 13.9. The number of methoxy groups -OCH3 is 1. The number of fused-ring (bicyclic) bond motifs is 1. The van der Waals surface area contributed by atoms with Gasteiger partial charge in [0.15, 0.2) is 0 Å². The summed E-state index contributed by atoms with van der Waals surface area (Å²) >= 11 is 0. The van der Waals surface area contributed by atoms with Crippen LogP contribution in [0.3, 0.4) is 0 Å². The molecule has 3 fully saturated rings. The third-order valence-electron chi connectivity index (χ3n) is 9.94. The summed E-state index contributed by atoms with van der Waals surface area (Å²) in [7, 11) is -5.56. The van der Waals surface area contributed by atoms with E-state index in [1.54, 1.807) is 27.9 Å². The second-order valence-electron chi connectivity index (χ2n) is 12.3. The Morgan fingerprint density at radius 3 is 2.23 bits per heavy atom. The van der Waals surface area contributed by atoms with Crippen LogP contribution in [0.1, 0.15) is 51.4 Å². The van der Waals surface area contributed by atoms with E-state index in [-0.39, 0.29) is 22.1 Å². The molecule has 0 radical (unpaired) electrons. The first-order valence-corrected chi connectivity index (χ1v) is 18.5. The summed E-state index contributed by atoms with van der Waals surface area (Å²) in [6.45, 7) is 3.58. The topological polar surface area (TPSA) is 100 Å². The Kier molecular flexibility index (Phi) is 8.70. The van der Waals surface area contributed by atoms with Gasteiger partial charge >= 0.3 is 0 Å². The van der Waals surface area contributed by atoms with Crippen LogP contribution in [0.5, 0.6) is 5.75 Å². The number of sulfonamides is 2. The van der Waals surface area contributed by atoms with E-state index in [0.717, 1.165) is 57.0 Å². The van der Waals surface area contributed by atoms with Gasteiger partial charge < -0.3 is 9.64 Å². The van der Waals surface area contributed by atoms with Gasteiger partial charge in [0.25, 0.3) is 0 Å². The second-order valence-corrected chi connectivity index (χ2v) is 16.2. The zero-order chi connectivity index (χ0) is 30.1. The highest BCUT2D eigenvalue weighted by atomic mass is 32.2. The lowest BCUT2D eigenvalue weighted by atomic mass is 9.71. The quantitative estimate of drug-likeness (QED) is 0.334. The lowest BCUT2D eigenvalue weighted by molar-refractivity contribution is 0.119. The molecule has 4 heterocycles. The number of anilines is 1. The molecule has 43 heavy (non-hydrogen) atoms. The van der Waals surface area contributed by atoms with E-state index in [0.29, 0.717) is 43.6 Å². The summed E-state index contributed by atoms with van der Waals surface area (Å²) in [5.41, 5.74) is 1.43. The molecule has 6 rings (SSSR count). The average Bonchev–Trinajstić information content (AvgIpc) is 3.51. The van der Waals surface area contributed by atoms with Crippen molar-refractivity contribution in [3.8, 4) is 5.75 Å². The molecule has 0 amide bonds. The van der Waals surface area contributed by atoms with E-state index in [4.69, 9.17) is 4.74 Å². The average molecular weight is 627 g/mol. The molecule has 3 aliphatic rings. The summed E-state index contributed by atoms with van der Waals surface area (Å²) in [6, 6.07) is 14.6. The SMILES string of the molecule is COc1ccc(S(=O)(=O)N2CCC[C@H]2CCCS(=O)(=O)N2CCC3(CCN(c4ccncc4)CC3)CC2)c2ccccc12. The van der Waals surface area contributed by atoms with Crippen molar-refractivity contribution >= 4 is 36.5 Å². The van der Waals surface area contributed by atoms with E-state index in [1.807, 2.05) is 36.7 Å². The Morgan fingerprint density at radius 2 is 1.53 bits per heavy atom. The highest BCUT2D eigenvalue weighted by molar-refractivity contribution is 7.89. The van der Waals surface area contributed by atoms with E-state index < -0.39 is 20.0 Å². The van der Waals surface area contributed by atoms with Crippen LogP contribution in [0.2, 0.25) is 0 Å². The Balaban J connectivity index is 1.04. The van der Waals surface area contributed by atoms with Crippen molar-refractivity contribution < 1.29 is 21.6 Å². The number of ether oxygens (including phenoxy) is 1. The first kappa shape index (κ1) is 30.3. The zero-order valence-corrected chi connectivity index (χ0v) is 26.5. The summed E-state index contributed by atoms with van der Waals surface area (Å²) in [5.74, 6) is 0.697. The molecule has 0 N–H and O–H groups in total. The van der Waals surface area contributed by atoms with Crippen molar-refractivity contribution in [2.75, 3.05) is 50.5 Å². The van der Waals surface area contributed by atoms with Gasteiger partial charge in [0.1, 0.15) is 5.75 Å². The zero-order valence-electron chi connectivity index (χ0n) is 24.9. The number of rotatable bonds is 9. The van der Waals surface area contributed by atoms with Crippen LogP contribution in [0.15, 0.2) is 65.8 Å². The van der Waals surface area contributed by atoms with Crippen LogP contribution < -0.4 is 9.64 Å². The van der Waals surface area contributed by atoms with Gasteiger partial charge in [-0.3, -0.25) is 4.98 Å². The predicted octanol–water partition coefficient (Wildman–Crippen LogP) is 4.89. The van der Waals surface area contributed by atoms with Crippen LogP contribution in [-0.2, 0) is 20.0 Å². The Morgan fingerprint density at radius 1 is 0.860 bits per heavy atom. The van der Waals surface area contributed by atoms with E-state index in [1.165, 1.54) is 5.69 Å². The maximum atomic E-state index is 13.9. The number of pyridine rings is 1. The normalized spacial score (nSPS) is 21.9. The molecule has 9 nitrogen and oxygen atoms in total. The second kappa shape index (κ2) is 12.3. The molecule has 1 atom stereocenters. The minimum atomic E-state index is -3.75. The largest absolute Gasteiger partial charge is 0.496 e. The number of nitrogens with zero attached hydrogens (tertiary/aromatic N) is 4. The molecule has 232 valence electrons. The van der Waals surface area contributed by atoms with Crippen LogP contribution >= 0.6 is 0 Å². The molecule has 0 saturated carbocycles. The van der Waals surface area contributed by atoms with Crippen molar-refractivity contribution in [2.24, 2.45) is 5.41 Å². The molecular weight excluding hydrogens is 585 g/mol. The molecule has 3 aliphatic heterocycles. The van der Waals surface area contributed by atoms with Crippen molar-refractivity contribution in [1.29, 1.82) is 0 Å².